The molecule has 0 saturated carbocycles. The van der Waals surface area contributed by atoms with Crippen LogP contribution in [0.1, 0.15) is 34.3 Å². The van der Waals surface area contributed by atoms with Gasteiger partial charge in [-0.25, -0.2) is 4.39 Å². The molecule has 1 heterocycles. The second-order valence-corrected chi connectivity index (χ2v) is 8.55. The maximum atomic E-state index is 13.5. The molecular formula is C28H29FN2O2. The Labute approximate surface area is 194 Å². The smallest absolute Gasteiger partial charge is 0.253 e. The zero-order valence-corrected chi connectivity index (χ0v) is 18.7. The molecule has 0 aliphatic carbocycles. The molecule has 1 fully saturated rings. The molecule has 0 unspecified atom stereocenters. The summed E-state index contributed by atoms with van der Waals surface area (Å²) in [6.07, 6.45) is 2.09. The number of likely N-dealkylation sites (tertiary alicyclic amines) is 1. The number of rotatable bonds is 7. The van der Waals surface area contributed by atoms with Crippen LogP contribution >= 0.6 is 0 Å². The predicted molar refractivity (Wildman–Crippen MR) is 127 cm³/mol. The van der Waals surface area contributed by atoms with E-state index in [1.165, 1.54) is 29.8 Å². The van der Waals surface area contributed by atoms with Crippen molar-refractivity contribution in [3.63, 3.8) is 0 Å². The number of hydrogen-bond donors (Lipinski definition) is 0. The van der Waals surface area contributed by atoms with Crippen LogP contribution in [0.25, 0.3) is 0 Å². The highest BCUT2D eigenvalue weighted by molar-refractivity contribution is 5.94. The van der Waals surface area contributed by atoms with Crippen LogP contribution in [-0.4, -0.2) is 41.2 Å². The molecule has 170 valence electrons. The van der Waals surface area contributed by atoms with Crippen LogP contribution in [0.2, 0.25) is 0 Å². The van der Waals surface area contributed by atoms with Crippen molar-refractivity contribution in [2.24, 2.45) is 5.92 Å². The number of amides is 2. The van der Waals surface area contributed by atoms with Crippen LogP contribution in [0.5, 0.6) is 0 Å². The molecule has 0 spiro atoms. The molecule has 5 heteroatoms. The quantitative estimate of drug-likeness (QED) is 0.517. The largest absolute Gasteiger partial charge is 0.339 e. The molecule has 4 rings (SSSR count). The molecule has 0 radical (unpaired) electrons. The highest BCUT2D eigenvalue weighted by atomic mass is 19.1. The summed E-state index contributed by atoms with van der Waals surface area (Å²) in [6.45, 7) is 2.31. The van der Waals surface area contributed by atoms with Gasteiger partial charge in [-0.2, -0.15) is 0 Å². The summed E-state index contributed by atoms with van der Waals surface area (Å²) in [5, 5.41) is 0. The van der Waals surface area contributed by atoms with Gasteiger partial charge in [0.1, 0.15) is 5.82 Å². The highest BCUT2D eigenvalue weighted by Gasteiger charge is 2.30. The Hall–Kier alpha value is -3.47. The minimum absolute atomic E-state index is 0.0956. The van der Waals surface area contributed by atoms with E-state index in [0.717, 1.165) is 12.0 Å². The van der Waals surface area contributed by atoms with Crippen molar-refractivity contribution in [1.29, 1.82) is 0 Å². The van der Waals surface area contributed by atoms with Crippen LogP contribution < -0.4 is 0 Å². The number of halogens is 1. The molecule has 1 aliphatic rings. The maximum absolute atomic E-state index is 13.5. The Bertz CT molecular complexity index is 1050. The van der Waals surface area contributed by atoms with Gasteiger partial charge in [-0.3, -0.25) is 9.59 Å². The van der Waals surface area contributed by atoms with Gasteiger partial charge in [0.15, 0.2) is 0 Å². The van der Waals surface area contributed by atoms with Gasteiger partial charge in [-0.15, -0.1) is 0 Å². The van der Waals surface area contributed by atoms with Gasteiger partial charge in [-0.1, -0.05) is 60.7 Å². The Morgan fingerprint density at radius 3 is 2.00 bits per heavy atom. The summed E-state index contributed by atoms with van der Waals surface area (Å²) < 4.78 is 13.2. The fraction of sp³-hybridized carbons (Fsp3) is 0.286. The molecule has 0 bridgehead atoms. The second-order valence-electron chi connectivity index (χ2n) is 8.55. The number of benzene rings is 3. The van der Waals surface area contributed by atoms with Crippen molar-refractivity contribution in [2.45, 2.75) is 25.8 Å². The van der Waals surface area contributed by atoms with Gasteiger partial charge in [0.2, 0.25) is 5.91 Å². The van der Waals surface area contributed by atoms with Crippen LogP contribution in [0.15, 0.2) is 84.9 Å². The molecule has 4 nitrogen and oxygen atoms in total. The molecule has 33 heavy (non-hydrogen) atoms. The molecular weight excluding hydrogens is 415 g/mol. The van der Waals surface area contributed by atoms with Gasteiger partial charge in [0.05, 0.1) is 0 Å². The number of carbonyl (C=O) groups is 2. The molecule has 3 aromatic carbocycles. The standard InChI is InChI=1S/C28H29FN2O2/c29-26-13-11-24(12-14-26)27(32)30-19-16-25(17-20-30)28(33)31(21-23-9-5-2-6-10-23)18-15-22-7-3-1-4-8-22/h1-14,25H,15-21H2. The first kappa shape index (κ1) is 22.7. The normalized spacial score (nSPS) is 14.2. The summed E-state index contributed by atoms with van der Waals surface area (Å²) in [6, 6.07) is 25.9. The van der Waals surface area contributed by atoms with Crippen molar-refractivity contribution in [1.82, 2.24) is 9.80 Å². The van der Waals surface area contributed by atoms with E-state index in [1.54, 1.807) is 4.90 Å². The number of carbonyl (C=O) groups excluding carboxylic acids is 2. The number of piperidine rings is 1. The zero-order valence-electron chi connectivity index (χ0n) is 18.7. The van der Waals surface area contributed by atoms with Crippen molar-refractivity contribution in [2.75, 3.05) is 19.6 Å². The molecule has 0 N–H and O–H groups in total. The Balaban J connectivity index is 1.39. The van der Waals surface area contributed by atoms with E-state index in [2.05, 4.69) is 12.1 Å². The minimum atomic E-state index is -0.357. The monoisotopic (exact) mass is 444 g/mol. The first-order valence-electron chi connectivity index (χ1n) is 11.5. The second kappa shape index (κ2) is 10.9. The average Bonchev–Trinajstić information content (AvgIpc) is 2.87. The third-order valence-electron chi connectivity index (χ3n) is 6.26. The maximum Gasteiger partial charge on any atom is 0.253 e. The number of nitrogens with zero attached hydrogens (tertiary/aromatic N) is 2. The molecule has 1 aliphatic heterocycles. The van der Waals surface area contributed by atoms with Crippen molar-refractivity contribution >= 4 is 11.8 Å². The van der Waals surface area contributed by atoms with E-state index >= 15 is 0 Å². The first-order valence-corrected chi connectivity index (χ1v) is 11.5. The van der Waals surface area contributed by atoms with E-state index in [-0.39, 0.29) is 23.5 Å². The molecule has 1 saturated heterocycles. The van der Waals surface area contributed by atoms with Gasteiger partial charge in [0, 0.05) is 37.7 Å². The van der Waals surface area contributed by atoms with E-state index in [0.29, 0.717) is 44.6 Å². The molecule has 0 aromatic heterocycles. The summed E-state index contributed by atoms with van der Waals surface area (Å²) in [7, 11) is 0. The fourth-order valence-electron chi connectivity index (χ4n) is 4.34. The highest BCUT2D eigenvalue weighted by Crippen LogP contribution is 2.23. The van der Waals surface area contributed by atoms with Crippen molar-refractivity contribution in [3.8, 4) is 0 Å². The fourth-order valence-corrected chi connectivity index (χ4v) is 4.34. The summed E-state index contributed by atoms with van der Waals surface area (Å²) in [5.41, 5.74) is 2.81. The zero-order chi connectivity index (χ0) is 23.0. The summed E-state index contributed by atoms with van der Waals surface area (Å²) >= 11 is 0. The van der Waals surface area contributed by atoms with Crippen LogP contribution in [0.4, 0.5) is 4.39 Å². The lowest BCUT2D eigenvalue weighted by Crippen LogP contribution is -2.44. The van der Waals surface area contributed by atoms with Crippen molar-refractivity contribution < 1.29 is 14.0 Å². The lowest BCUT2D eigenvalue weighted by Gasteiger charge is -2.34. The van der Waals surface area contributed by atoms with E-state index in [4.69, 9.17) is 0 Å². The van der Waals surface area contributed by atoms with Crippen molar-refractivity contribution in [3.05, 3.63) is 107 Å². The lowest BCUT2D eigenvalue weighted by atomic mass is 9.94. The Morgan fingerprint density at radius 1 is 0.818 bits per heavy atom. The van der Waals surface area contributed by atoms with E-state index in [1.807, 2.05) is 53.4 Å². The summed E-state index contributed by atoms with van der Waals surface area (Å²) in [5.74, 6) is -0.401. The van der Waals surface area contributed by atoms with Gasteiger partial charge < -0.3 is 9.80 Å². The third kappa shape index (κ3) is 6.07. The van der Waals surface area contributed by atoms with E-state index < -0.39 is 0 Å². The number of hydrogen-bond acceptors (Lipinski definition) is 2. The topological polar surface area (TPSA) is 40.6 Å². The minimum Gasteiger partial charge on any atom is -0.339 e. The van der Waals surface area contributed by atoms with Gasteiger partial charge in [-0.05, 0) is 54.7 Å². The lowest BCUT2D eigenvalue weighted by molar-refractivity contribution is -0.137. The third-order valence-corrected chi connectivity index (χ3v) is 6.26. The predicted octanol–water partition coefficient (Wildman–Crippen LogP) is 4.95. The first-order chi connectivity index (χ1) is 16.1. The molecule has 0 atom stereocenters. The average molecular weight is 445 g/mol. The van der Waals surface area contributed by atoms with Gasteiger partial charge >= 0.3 is 0 Å². The Kier molecular flexibility index (Phi) is 7.51. The Morgan fingerprint density at radius 2 is 1.39 bits per heavy atom. The van der Waals surface area contributed by atoms with Crippen LogP contribution in [0.3, 0.4) is 0 Å². The SMILES string of the molecule is O=C(c1ccc(F)cc1)N1CCC(C(=O)N(CCc2ccccc2)Cc2ccccc2)CC1. The van der Waals surface area contributed by atoms with Crippen LogP contribution in [-0.2, 0) is 17.8 Å². The molecule has 3 aromatic rings. The van der Waals surface area contributed by atoms with Gasteiger partial charge in [0.25, 0.3) is 5.91 Å². The molecule has 2 amide bonds. The summed E-state index contributed by atoms with van der Waals surface area (Å²) in [4.78, 5) is 29.9. The van der Waals surface area contributed by atoms with Crippen LogP contribution in [0, 0.1) is 11.7 Å². The van der Waals surface area contributed by atoms with E-state index in [9.17, 15) is 14.0 Å².